The van der Waals surface area contributed by atoms with Gasteiger partial charge < -0.3 is 9.64 Å². The van der Waals surface area contributed by atoms with Gasteiger partial charge in [-0.3, -0.25) is 15.1 Å². The Kier molecular flexibility index (Phi) is 4.68. The molecule has 0 aromatic heterocycles. The van der Waals surface area contributed by atoms with Gasteiger partial charge >= 0.3 is 0 Å². The predicted octanol–water partition coefficient (Wildman–Crippen LogP) is 4.02. The number of benzene rings is 2. The lowest BCUT2D eigenvalue weighted by atomic mass is 10.1. The van der Waals surface area contributed by atoms with Gasteiger partial charge in [0.1, 0.15) is 11.6 Å². The number of hydrogen-bond acceptors (Lipinski definition) is 5. The Labute approximate surface area is 168 Å². The molecule has 0 radical (unpaired) electrons. The molecule has 2 aliphatic rings. The maximum Gasteiger partial charge on any atom is 0.283 e. The van der Waals surface area contributed by atoms with Crippen LogP contribution >= 0.6 is 11.8 Å². The van der Waals surface area contributed by atoms with Gasteiger partial charge in [0.25, 0.3) is 5.91 Å². The first-order valence-corrected chi connectivity index (χ1v) is 9.75. The van der Waals surface area contributed by atoms with E-state index in [1.54, 1.807) is 11.0 Å². The van der Waals surface area contributed by atoms with Gasteiger partial charge in [0.05, 0.1) is 17.9 Å². The second-order valence-electron chi connectivity index (χ2n) is 6.59. The Morgan fingerprint density at radius 3 is 2.64 bits per heavy atom. The molecule has 1 amide bonds. The number of carbonyl (C=O) groups excluding carboxylic acids is 1. The van der Waals surface area contributed by atoms with Crippen LogP contribution in [0.2, 0.25) is 0 Å². The number of nitrogens with zero attached hydrogens (tertiary/aromatic N) is 3. The molecule has 6 nitrogen and oxygen atoms in total. The van der Waals surface area contributed by atoms with Crippen LogP contribution < -0.4 is 14.5 Å². The SMILES string of the molecule is CCOc1ccc2c(c1)SC1=NC(=O)C(=Cc3ccc(N(C)C)cc3)C(=N)N12. The standard InChI is InChI=1S/C21H20N4O2S/c1-4-27-15-9-10-17-18(12-15)28-21-23-20(26)16(19(22)25(17)21)11-13-5-7-14(8-6-13)24(2)3/h5-12,22H,4H2,1-3H3. The Morgan fingerprint density at radius 2 is 1.96 bits per heavy atom. The minimum atomic E-state index is -0.390. The summed E-state index contributed by atoms with van der Waals surface area (Å²) < 4.78 is 5.55. The highest BCUT2D eigenvalue weighted by molar-refractivity contribution is 8.15. The van der Waals surface area contributed by atoms with Gasteiger partial charge in [-0.05, 0) is 60.7 Å². The lowest BCUT2D eigenvalue weighted by molar-refractivity contribution is -0.113. The van der Waals surface area contributed by atoms with Crippen LogP contribution in [0, 0.1) is 5.41 Å². The number of amidine groups is 2. The number of fused-ring (bicyclic) bond motifs is 3. The number of rotatable bonds is 4. The van der Waals surface area contributed by atoms with Gasteiger partial charge in [-0.15, -0.1) is 0 Å². The second-order valence-corrected chi connectivity index (χ2v) is 7.60. The molecule has 2 aromatic carbocycles. The van der Waals surface area contributed by atoms with Crippen molar-refractivity contribution in [1.82, 2.24) is 0 Å². The summed E-state index contributed by atoms with van der Waals surface area (Å²) in [7, 11) is 3.95. The van der Waals surface area contributed by atoms with Crippen molar-refractivity contribution in [1.29, 1.82) is 5.41 Å². The summed E-state index contributed by atoms with van der Waals surface area (Å²) in [6.07, 6.45) is 1.72. The van der Waals surface area contributed by atoms with E-state index in [2.05, 4.69) is 4.99 Å². The third-order valence-corrected chi connectivity index (χ3v) is 5.51. The van der Waals surface area contributed by atoms with Crippen LogP contribution in [0.15, 0.2) is 57.9 Å². The van der Waals surface area contributed by atoms with Gasteiger partial charge in [0.2, 0.25) is 0 Å². The zero-order valence-corrected chi connectivity index (χ0v) is 16.7. The number of anilines is 2. The molecule has 1 N–H and O–H groups in total. The van der Waals surface area contributed by atoms with Crippen LogP contribution in [-0.4, -0.2) is 37.6 Å². The summed E-state index contributed by atoms with van der Waals surface area (Å²) in [6, 6.07) is 13.5. The second kappa shape index (κ2) is 7.16. The fraction of sp³-hybridized carbons (Fsp3) is 0.190. The highest BCUT2D eigenvalue weighted by Gasteiger charge is 2.37. The van der Waals surface area contributed by atoms with Gasteiger partial charge in [0.15, 0.2) is 5.17 Å². The summed E-state index contributed by atoms with van der Waals surface area (Å²) in [5.41, 5.74) is 3.06. The largest absolute Gasteiger partial charge is 0.494 e. The maximum absolute atomic E-state index is 12.6. The molecular formula is C21H20N4O2S. The molecule has 0 saturated carbocycles. The zero-order valence-electron chi connectivity index (χ0n) is 15.9. The third kappa shape index (κ3) is 3.18. The van der Waals surface area contributed by atoms with Gasteiger partial charge in [-0.2, -0.15) is 4.99 Å². The van der Waals surface area contributed by atoms with E-state index in [-0.39, 0.29) is 11.4 Å². The Hall–Kier alpha value is -3.06. The van der Waals surface area contributed by atoms with E-state index in [1.807, 2.05) is 68.4 Å². The summed E-state index contributed by atoms with van der Waals surface area (Å²) in [4.78, 5) is 21.5. The normalized spacial score (nSPS) is 16.8. The van der Waals surface area contributed by atoms with Crippen LogP contribution in [0.4, 0.5) is 11.4 Å². The number of amides is 1. The molecular weight excluding hydrogens is 372 g/mol. The smallest absolute Gasteiger partial charge is 0.283 e. The topological polar surface area (TPSA) is 69.0 Å². The van der Waals surface area contributed by atoms with Crippen molar-refractivity contribution in [3.05, 3.63) is 53.6 Å². The fourth-order valence-electron chi connectivity index (χ4n) is 3.09. The summed E-state index contributed by atoms with van der Waals surface area (Å²) in [6.45, 7) is 2.52. The average Bonchev–Trinajstić information content (AvgIpc) is 3.03. The first kappa shape index (κ1) is 18.3. The van der Waals surface area contributed by atoms with Gasteiger partial charge in [-0.25, -0.2) is 0 Å². The van der Waals surface area contributed by atoms with Crippen molar-refractivity contribution in [3.8, 4) is 5.75 Å². The highest BCUT2D eigenvalue weighted by Crippen LogP contribution is 2.44. The zero-order chi connectivity index (χ0) is 19.8. The molecule has 2 aliphatic heterocycles. The number of aliphatic imine (C=N–C) groups is 1. The van der Waals surface area contributed by atoms with Crippen LogP contribution in [0.25, 0.3) is 6.08 Å². The Bertz CT molecular complexity index is 1030. The van der Waals surface area contributed by atoms with E-state index in [1.165, 1.54) is 11.8 Å². The molecule has 4 rings (SSSR count). The van der Waals surface area contributed by atoms with Crippen LogP contribution in [0.1, 0.15) is 12.5 Å². The quantitative estimate of drug-likeness (QED) is 0.796. The minimum Gasteiger partial charge on any atom is -0.494 e. The monoisotopic (exact) mass is 392 g/mol. The predicted molar refractivity (Wildman–Crippen MR) is 115 cm³/mol. The van der Waals surface area contributed by atoms with Crippen LogP contribution in [-0.2, 0) is 4.79 Å². The number of hydrogen-bond donors (Lipinski definition) is 1. The molecule has 0 bridgehead atoms. The number of thioether (sulfide) groups is 1. The number of nitrogens with one attached hydrogen (secondary N) is 1. The van der Waals surface area contributed by atoms with E-state index >= 15 is 0 Å². The third-order valence-electron chi connectivity index (χ3n) is 4.50. The molecule has 28 heavy (non-hydrogen) atoms. The van der Waals surface area contributed by atoms with Crippen molar-refractivity contribution in [2.75, 3.05) is 30.5 Å². The molecule has 0 atom stereocenters. The molecule has 0 fully saturated rings. The lowest BCUT2D eigenvalue weighted by Gasteiger charge is -2.24. The first-order valence-electron chi connectivity index (χ1n) is 8.94. The highest BCUT2D eigenvalue weighted by atomic mass is 32.2. The molecule has 2 aromatic rings. The molecule has 142 valence electrons. The van der Waals surface area contributed by atoms with E-state index in [0.717, 1.165) is 27.6 Å². The van der Waals surface area contributed by atoms with Gasteiger partial charge in [-0.1, -0.05) is 12.1 Å². The van der Waals surface area contributed by atoms with Gasteiger partial charge in [0, 0.05) is 24.7 Å². The van der Waals surface area contributed by atoms with Crippen LogP contribution in [0.3, 0.4) is 0 Å². The van der Waals surface area contributed by atoms with Crippen LogP contribution in [0.5, 0.6) is 5.75 Å². The lowest BCUT2D eigenvalue weighted by Crippen LogP contribution is -2.39. The molecule has 0 spiro atoms. The summed E-state index contributed by atoms with van der Waals surface area (Å²) in [5, 5.41) is 9.15. The molecule has 0 aliphatic carbocycles. The average molecular weight is 392 g/mol. The number of ether oxygens (including phenoxy) is 1. The van der Waals surface area contributed by atoms with Crippen molar-refractivity contribution in [3.63, 3.8) is 0 Å². The van der Waals surface area contributed by atoms with Crippen molar-refractivity contribution >= 4 is 46.1 Å². The van der Waals surface area contributed by atoms with Crippen molar-refractivity contribution in [2.24, 2.45) is 4.99 Å². The summed E-state index contributed by atoms with van der Waals surface area (Å²) >= 11 is 1.38. The van der Waals surface area contributed by atoms with Crippen molar-refractivity contribution in [2.45, 2.75) is 11.8 Å². The molecule has 7 heteroatoms. The minimum absolute atomic E-state index is 0.141. The fourth-order valence-corrected chi connectivity index (χ4v) is 4.13. The first-order chi connectivity index (χ1) is 13.5. The van der Waals surface area contributed by atoms with E-state index < -0.39 is 5.91 Å². The molecule has 2 heterocycles. The van der Waals surface area contributed by atoms with E-state index in [4.69, 9.17) is 10.1 Å². The maximum atomic E-state index is 12.6. The number of carbonyl (C=O) groups is 1. The Morgan fingerprint density at radius 1 is 1.21 bits per heavy atom. The summed E-state index contributed by atoms with van der Waals surface area (Å²) in [5.74, 6) is 0.518. The molecule has 0 saturated heterocycles. The van der Waals surface area contributed by atoms with Crippen molar-refractivity contribution < 1.29 is 9.53 Å². The molecule has 0 unspecified atom stereocenters. The van der Waals surface area contributed by atoms with E-state index in [0.29, 0.717) is 11.8 Å². The van der Waals surface area contributed by atoms with E-state index in [9.17, 15) is 4.79 Å². The Balaban J connectivity index is 1.68.